The van der Waals surface area contributed by atoms with Crippen LogP contribution >= 0.6 is 0 Å². The summed E-state index contributed by atoms with van der Waals surface area (Å²) >= 11 is 0. The van der Waals surface area contributed by atoms with E-state index in [1.54, 1.807) is 24.0 Å². The first kappa shape index (κ1) is 11.0. The van der Waals surface area contributed by atoms with E-state index in [2.05, 4.69) is 10.4 Å². The maximum absolute atomic E-state index is 11.7. The van der Waals surface area contributed by atoms with Gasteiger partial charge in [-0.3, -0.25) is 9.48 Å². The summed E-state index contributed by atoms with van der Waals surface area (Å²) in [5.74, 6) is -0.581. The Morgan fingerprint density at radius 3 is 2.65 bits per heavy atom. The van der Waals surface area contributed by atoms with Gasteiger partial charge in [-0.2, -0.15) is 5.10 Å². The second-order valence-electron chi connectivity index (χ2n) is 3.53. The number of hydrogen-bond donors (Lipinski definition) is 3. The summed E-state index contributed by atoms with van der Waals surface area (Å²) in [5, 5.41) is 24.9. The number of carbonyl (C=O) groups excluding carboxylic acids is 1. The molecule has 0 radical (unpaired) electrons. The van der Waals surface area contributed by atoms with E-state index >= 15 is 0 Å². The zero-order chi connectivity index (χ0) is 12.4. The van der Waals surface area contributed by atoms with Gasteiger partial charge in [0.1, 0.15) is 0 Å². The lowest BCUT2D eigenvalue weighted by molar-refractivity contribution is 0.102. The molecule has 2 rings (SSSR count). The van der Waals surface area contributed by atoms with Crippen LogP contribution in [0.15, 0.2) is 30.5 Å². The summed E-state index contributed by atoms with van der Waals surface area (Å²) in [5.41, 5.74) is 0.242. The number of aromatic nitrogens is 2. The lowest BCUT2D eigenvalue weighted by Gasteiger charge is -2.03. The first-order chi connectivity index (χ1) is 8.06. The molecule has 88 valence electrons. The Labute approximate surface area is 97.1 Å². The SMILES string of the molecule is Cn1ccc(NC(=O)c2ccc(O)c(O)c2)n1. The maximum atomic E-state index is 11.7. The summed E-state index contributed by atoms with van der Waals surface area (Å²) in [7, 11) is 1.74. The highest BCUT2D eigenvalue weighted by molar-refractivity contribution is 6.04. The van der Waals surface area contributed by atoms with Gasteiger partial charge in [-0.25, -0.2) is 0 Å². The highest BCUT2D eigenvalue weighted by atomic mass is 16.3. The van der Waals surface area contributed by atoms with E-state index in [-0.39, 0.29) is 17.1 Å². The van der Waals surface area contributed by atoms with Crippen molar-refractivity contribution in [3.8, 4) is 11.5 Å². The standard InChI is InChI=1S/C11H11N3O3/c1-14-5-4-10(13-14)12-11(17)7-2-3-8(15)9(16)6-7/h2-6,15-16H,1H3,(H,12,13,17). The third-order valence-electron chi connectivity index (χ3n) is 2.19. The fraction of sp³-hybridized carbons (Fsp3) is 0.0909. The van der Waals surface area contributed by atoms with Crippen LogP contribution in [0.4, 0.5) is 5.82 Å². The third-order valence-corrected chi connectivity index (χ3v) is 2.19. The number of rotatable bonds is 2. The summed E-state index contributed by atoms with van der Waals surface area (Å²) < 4.78 is 1.56. The topological polar surface area (TPSA) is 87.4 Å². The largest absolute Gasteiger partial charge is 0.504 e. The van der Waals surface area contributed by atoms with Crippen LogP contribution in [0.25, 0.3) is 0 Å². The number of aromatic hydroxyl groups is 2. The van der Waals surface area contributed by atoms with Crippen LogP contribution in [-0.4, -0.2) is 25.9 Å². The Morgan fingerprint density at radius 2 is 2.06 bits per heavy atom. The first-order valence-electron chi connectivity index (χ1n) is 4.89. The molecule has 0 aliphatic carbocycles. The molecule has 17 heavy (non-hydrogen) atoms. The molecule has 2 aromatic rings. The third kappa shape index (κ3) is 2.36. The van der Waals surface area contributed by atoms with E-state index < -0.39 is 5.91 Å². The molecular formula is C11H11N3O3. The number of phenols is 2. The highest BCUT2D eigenvalue weighted by Gasteiger charge is 2.10. The normalized spacial score (nSPS) is 10.2. The molecule has 6 nitrogen and oxygen atoms in total. The highest BCUT2D eigenvalue weighted by Crippen LogP contribution is 2.25. The van der Waals surface area contributed by atoms with Gasteiger partial charge >= 0.3 is 0 Å². The van der Waals surface area contributed by atoms with E-state index in [0.717, 1.165) is 0 Å². The van der Waals surface area contributed by atoms with Gasteiger partial charge in [-0.05, 0) is 18.2 Å². The minimum atomic E-state index is -0.404. The molecule has 0 saturated carbocycles. The molecule has 0 aliphatic rings. The van der Waals surface area contributed by atoms with Gasteiger partial charge in [0.25, 0.3) is 5.91 Å². The van der Waals surface area contributed by atoms with Crippen molar-refractivity contribution in [2.24, 2.45) is 7.05 Å². The van der Waals surface area contributed by atoms with Crippen molar-refractivity contribution in [3.05, 3.63) is 36.0 Å². The van der Waals surface area contributed by atoms with Gasteiger partial charge in [0, 0.05) is 24.9 Å². The Kier molecular flexibility index (Phi) is 2.70. The van der Waals surface area contributed by atoms with E-state index in [0.29, 0.717) is 5.82 Å². The van der Waals surface area contributed by atoms with Crippen molar-refractivity contribution in [1.82, 2.24) is 9.78 Å². The number of anilines is 1. The van der Waals surface area contributed by atoms with E-state index in [9.17, 15) is 9.90 Å². The molecule has 0 spiro atoms. The van der Waals surface area contributed by atoms with Crippen molar-refractivity contribution >= 4 is 11.7 Å². The fourth-order valence-electron chi connectivity index (χ4n) is 1.33. The summed E-state index contributed by atoms with van der Waals surface area (Å²) in [6, 6.07) is 5.50. The average Bonchev–Trinajstić information content (AvgIpc) is 2.68. The Hall–Kier alpha value is -2.50. The number of hydrogen-bond acceptors (Lipinski definition) is 4. The number of aryl methyl sites for hydroxylation is 1. The van der Waals surface area contributed by atoms with E-state index in [1.807, 2.05) is 0 Å². The molecule has 3 N–H and O–H groups in total. The Morgan fingerprint density at radius 1 is 1.29 bits per heavy atom. The molecule has 1 amide bonds. The van der Waals surface area contributed by atoms with Gasteiger partial charge in [0.15, 0.2) is 17.3 Å². The van der Waals surface area contributed by atoms with Crippen LogP contribution in [-0.2, 0) is 7.05 Å². The molecule has 0 saturated heterocycles. The predicted molar refractivity (Wildman–Crippen MR) is 60.9 cm³/mol. The molecule has 0 atom stereocenters. The van der Waals surface area contributed by atoms with Crippen molar-refractivity contribution in [2.75, 3.05) is 5.32 Å². The first-order valence-corrected chi connectivity index (χ1v) is 4.89. The molecule has 1 aromatic heterocycles. The predicted octanol–water partition coefficient (Wildman–Crippen LogP) is 1.08. The summed E-state index contributed by atoms with van der Waals surface area (Å²) in [6.07, 6.45) is 1.70. The molecule has 6 heteroatoms. The van der Waals surface area contributed by atoms with Crippen LogP contribution in [0.2, 0.25) is 0 Å². The molecule has 1 aromatic carbocycles. The molecule has 0 fully saturated rings. The lowest BCUT2D eigenvalue weighted by Crippen LogP contribution is -2.12. The molecule has 0 bridgehead atoms. The van der Waals surface area contributed by atoms with Crippen molar-refractivity contribution < 1.29 is 15.0 Å². The number of nitrogens with one attached hydrogen (secondary N) is 1. The van der Waals surface area contributed by atoms with Gasteiger partial charge in [0.2, 0.25) is 0 Å². The quantitative estimate of drug-likeness (QED) is 0.677. The average molecular weight is 233 g/mol. The maximum Gasteiger partial charge on any atom is 0.257 e. The summed E-state index contributed by atoms with van der Waals surface area (Å²) in [6.45, 7) is 0. The monoisotopic (exact) mass is 233 g/mol. The number of benzene rings is 1. The minimum absolute atomic E-state index is 0.242. The fourth-order valence-corrected chi connectivity index (χ4v) is 1.33. The minimum Gasteiger partial charge on any atom is -0.504 e. The van der Waals surface area contributed by atoms with Gasteiger partial charge in [0.05, 0.1) is 0 Å². The van der Waals surface area contributed by atoms with Crippen molar-refractivity contribution in [2.45, 2.75) is 0 Å². The van der Waals surface area contributed by atoms with Crippen LogP contribution in [0.1, 0.15) is 10.4 Å². The molecule has 0 unspecified atom stereocenters. The van der Waals surface area contributed by atoms with Crippen molar-refractivity contribution in [1.29, 1.82) is 0 Å². The number of amides is 1. The zero-order valence-corrected chi connectivity index (χ0v) is 9.08. The molecule has 0 aliphatic heterocycles. The van der Waals surface area contributed by atoms with Gasteiger partial charge < -0.3 is 15.5 Å². The Balaban J connectivity index is 2.17. The summed E-state index contributed by atoms with van der Waals surface area (Å²) in [4.78, 5) is 11.7. The number of nitrogens with zero attached hydrogens (tertiary/aromatic N) is 2. The zero-order valence-electron chi connectivity index (χ0n) is 9.08. The van der Waals surface area contributed by atoms with Crippen LogP contribution in [0.5, 0.6) is 11.5 Å². The van der Waals surface area contributed by atoms with Crippen LogP contribution in [0.3, 0.4) is 0 Å². The second-order valence-corrected chi connectivity index (χ2v) is 3.53. The smallest absolute Gasteiger partial charge is 0.257 e. The van der Waals surface area contributed by atoms with Crippen LogP contribution in [0, 0.1) is 0 Å². The Bertz CT molecular complexity index is 563. The van der Waals surface area contributed by atoms with E-state index in [4.69, 9.17) is 5.11 Å². The van der Waals surface area contributed by atoms with Gasteiger partial charge in [-0.15, -0.1) is 0 Å². The second kappa shape index (κ2) is 4.17. The molecule has 1 heterocycles. The lowest BCUT2D eigenvalue weighted by atomic mass is 10.2. The number of phenolic OH excluding ortho intramolecular Hbond substituents is 2. The molecular weight excluding hydrogens is 222 g/mol. The number of carbonyl (C=O) groups is 1. The van der Waals surface area contributed by atoms with Crippen LogP contribution < -0.4 is 5.32 Å². The van der Waals surface area contributed by atoms with Crippen molar-refractivity contribution in [3.63, 3.8) is 0 Å². The van der Waals surface area contributed by atoms with E-state index in [1.165, 1.54) is 18.2 Å². The van der Waals surface area contributed by atoms with Gasteiger partial charge in [-0.1, -0.05) is 0 Å².